The maximum atomic E-state index is 12.3. The van der Waals surface area contributed by atoms with E-state index < -0.39 is 0 Å². The minimum absolute atomic E-state index is 0.119. The summed E-state index contributed by atoms with van der Waals surface area (Å²) in [7, 11) is 0. The third-order valence-corrected chi connectivity index (χ3v) is 3.92. The molecule has 0 aliphatic carbocycles. The Morgan fingerprint density at radius 3 is 2.30 bits per heavy atom. The molecule has 0 heterocycles. The Bertz CT molecular complexity index is 669. The van der Waals surface area contributed by atoms with E-state index in [4.69, 9.17) is 5.26 Å². The normalized spacial score (nSPS) is 10.7. The number of ketones is 1. The summed E-state index contributed by atoms with van der Waals surface area (Å²) in [5, 5.41) is 8.80. The Labute approximate surface area is 138 Å². The highest BCUT2D eigenvalue weighted by Crippen LogP contribution is 2.11. The van der Waals surface area contributed by atoms with E-state index in [1.165, 1.54) is 5.56 Å². The van der Waals surface area contributed by atoms with Gasteiger partial charge in [0.25, 0.3) is 0 Å². The zero-order chi connectivity index (χ0) is 16.7. The molecule has 0 amide bonds. The number of carbonyl (C=O) groups excluding carboxylic acids is 1. The average molecular weight is 306 g/mol. The van der Waals surface area contributed by atoms with E-state index in [0.717, 1.165) is 13.1 Å². The van der Waals surface area contributed by atoms with Crippen LogP contribution >= 0.6 is 0 Å². The van der Waals surface area contributed by atoms with E-state index in [-0.39, 0.29) is 5.78 Å². The maximum Gasteiger partial charge on any atom is 0.164 e. The predicted molar refractivity (Wildman–Crippen MR) is 92.1 cm³/mol. The quantitative estimate of drug-likeness (QED) is 0.725. The van der Waals surface area contributed by atoms with Gasteiger partial charge in [0.05, 0.1) is 11.6 Å². The van der Waals surface area contributed by atoms with E-state index in [9.17, 15) is 4.79 Å². The molecule has 0 aliphatic heterocycles. The van der Waals surface area contributed by atoms with Crippen molar-refractivity contribution in [1.29, 1.82) is 5.26 Å². The lowest BCUT2D eigenvalue weighted by atomic mass is 10.1. The number of benzene rings is 2. The molecular formula is C20H22N2O. The minimum Gasteiger partial charge on any atom is -0.296 e. The second-order valence-electron chi connectivity index (χ2n) is 5.91. The fourth-order valence-corrected chi connectivity index (χ4v) is 2.46. The highest BCUT2D eigenvalue weighted by atomic mass is 16.1. The number of nitriles is 1. The molecule has 0 radical (unpaired) electrons. The van der Waals surface area contributed by atoms with Crippen LogP contribution < -0.4 is 0 Å². The summed E-state index contributed by atoms with van der Waals surface area (Å²) in [5.74, 6) is 0.119. The molecule has 2 rings (SSSR count). The standard InChI is InChI=1S/C20H22N2O/c1-16(2)22(15-18-6-4-3-5-7-18)13-12-20(23)19-10-8-17(14-21)9-11-19/h3-11,16H,12-13,15H2,1-2H3. The van der Waals surface area contributed by atoms with Gasteiger partial charge in [-0.3, -0.25) is 9.69 Å². The van der Waals surface area contributed by atoms with E-state index in [1.54, 1.807) is 24.3 Å². The van der Waals surface area contributed by atoms with Crippen molar-refractivity contribution in [2.45, 2.75) is 32.9 Å². The molecular weight excluding hydrogens is 284 g/mol. The fourth-order valence-electron chi connectivity index (χ4n) is 2.46. The Morgan fingerprint density at radius 2 is 1.74 bits per heavy atom. The molecule has 3 nitrogen and oxygen atoms in total. The van der Waals surface area contributed by atoms with Gasteiger partial charge in [-0.15, -0.1) is 0 Å². The number of carbonyl (C=O) groups is 1. The average Bonchev–Trinajstić information content (AvgIpc) is 2.59. The molecule has 3 heteroatoms. The van der Waals surface area contributed by atoms with Crippen LogP contribution in [0.1, 0.15) is 41.8 Å². The van der Waals surface area contributed by atoms with Gasteiger partial charge in [-0.05, 0) is 31.5 Å². The molecule has 2 aromatic rings. The number of hydrogen-bond acceptors (Lipinski definition) is 3. The zero-order valence-electron chi connectivity index (χ0n) is 13.7. The van der Waals surface area contributed by atoms with Gasteiger partial charge in [0, 0.05) is 31.1 Å². The van der Waals surface area contributed by atoms with Gasteiger partial charge in [-0.1, -0.05) is 42.5 Å². The molecule has 23 heavy (non-hydrogen) atoms. The van der Waals surface area contributed by atoms with Crippen molar-refractivity contribution in [3.05, 3.63) is 71.3 Å². The molecule has 0 bridgehead atoms. The van der Waals surface area contributed by atoms with Crippen LogP contribution in [0.3, 0.4) is 0 Å². The molecule has 0 aromatic heterocycles. The van der Waals surface area contributed by atoms with Gasteiger partial charge in [-0.2, -0.15) is 5.26 Å². The molecule has 0 unspecified atom stereocenters. The van der Waals surface area contributed by atoms with Crippen LogP contribution in [0.5, 0.6) is 0 Å². The van der Waals surface area contributed by atoms with Crippen molar-refractivity contribution in [2.24, 2.45) is 0 Å². The third-order valence-electron chi connectivity index (χ3n) is 3.92. The first-order valence-electron chi connectivity index (χ1n) is 7.91. The summed E-state index contributed by atoms with van der Waals surface area (Å²) in [6, 6.07) is 19.6. The van der Waals surface area contributed by atoms with Crippen molar-refractivity contribution < 1.29 is 4.79 Å². The second kappa shape index (κ2) is 8.26. The van der Waals surface area contributed by atoms with Crippen molar-refractivity contribution in [3.8, 4) is 6.07 Å². The molecule has 0 saturated heterocycles. The summed E-state index contributed by atoms with van der Waals surface area (Å²) in [6.07, 6.45) is 0.483. The summed E-state index contributed by atoms with van der Waals surface area (Å²) in [5.41, 5.74) is 2.51. The van der Waals surface area contributed by atoms with Crippen molar-refractivity contribution in [3.63, 3.8) is 0 Å². The third kappa shape index (κ3) is 5.05. The van der Waals surface area contributed by atoms with E-state index >= 15 is 0 Å². The van der Waals surface area contributed by atoms with Gasteiger partial charge < -0.3 is 0 Å². The first-order chi connectivity index (χ1) is 11.1. The smallest absolute Gasteiger partial charge is 0.164 e. The lowest BCUT2D eigenvalue weighted by Crippen LogP contribution is -2.32. The maximum absolute atomic E-state index is 12.3. The first-order valence-corrected chi connectivity index (χ1v) is 7.91. The van der Waals surface area contributed by atoms with Crippen LogP contribution in [-0.4, -0.2) is 23.3 Å². The number of hydrogen-bond donors (Lipinski definition) is 0. The highest BCUT2D eigenvalue weighted by molar-refractivity contribution is 5.96. The van der Waals surface area contributed by atoms with Crippen molar-refractivity contribution in [2.75, 3.05) is 6.54 Å². The zero-order valence-corrected chi connectivity index (χ0v) is 13.7. The fraction of sp³-hybridized carbons (Fsp3) is 0.300. The monoisotopic (exact) mass is 306 g/mol. The van der Waals surface area contributed by atoms with Gasteiger partial charge in [0.15, 0.2) is 5.78 Å². The molecule has 2 aromatic carbocycles. The van der Waals surface area contributed by atoms with Crippen LogP contribution in [0.4, 0.5) is 0 Å². The molecule has 0 aliphatic rings. The van der Waals surface area contributed by atoms with Crippen LogP contribution in [0.15, 0.2) is 54.6 Å². The SMILES string of the molecule is CC(C)N(CCC(=O)c1ccc(C#N)cc1)Cc1ccccc1. The molecule has 0 spiro atoms. The van der Waals surface area contributed by atoms with Crippen LogP contribution in [0.2, 0.25) is 0 Å². The lowest BCUT2D eigenvalue weighted by molar-refractivity contribution is 0.0952. The molecule has 0 saturated carbocycles. The molecule has 0 atom stereocenters. The van der Waals surface area contributed by atoms with Crippen molar-refractivity contribution in [1.82, 2.24) is 4.90 Å². The van der Waals surface area contributed by atoms with Gasteiger partial charge in [-0.25, -0.2) is 0 Å². The van der Waals surface area contributed by atoms with Crippen LogP contribution in [0.25, 0.3) is 0 Å². The Balaban J connectivity index is 1.95. The Morgan fingerprint density at radius 1 is 1.09 bits per heavy atom. The molecule has 0 fully saturated rings. The topological polar surface area (TPSA) is 44.1 Å². The number of rotatable bonds is 7. The number of nitrogens with zero attached hydrogens (tertiary/aromatic N) is 2. The second-order valence-corrected chi connectivity index (χ2v) is 5.91. The summed E-state index contributed by atoms with van der Waals surface area (Å²) in [6.45, 7) is 5.87. The summed E-state index contributed by atoms with van der Waals surface area (Å²) < 4.78 is 0. The highest BCUT2D eigenvalue weighted by Gasteiger charge is 2.13. The molecule has 118 valence electrons. The largest absolute Gasteiger partial charge is 0.296 e. The van der Waals surface area contributed by atoms with E-state index in [0.29, 0.717) is 23.6 Å². The van der Waals surface area contributed by atoms with Gasteiger partial charge >= 0.3 is 0 Å². The minimum atomic E-state index is 0.119. The molecule has 0 N–H and O–H groups in total. The summed E-state index contributed by atoms with van der Waals surface area (Å²) >= 11 is 0. The lowest BCUT2D eigenvalue weighted by Gasteiger charge is -2.26. The Hall–Kier alpha value is -2.44. The summed E-state index contributed by atoms with van der Waals surface area (Å²) in [4.78, 5) is 14.6. The Kier molecular flexibility index (Phi) is 6.08. The van der Waals surface area contributed by atoms with Crippen LogP contribution in [-0.2, 0) is 6.54 Å². The number of Topliss-reactive ketones (excluding diaryl/α,β-unsaturated/α-hetero) is 1. The first kappa shape index (κ1) is 16.9. The van der Waals surface area contributed by atoms with E-state index in [2.05, 4.69) is 36.9 Å². The van der Waals surface area contributed by atoms with Crippen molar-refractivity contribution >= 4 is 5.78 Å². The van der Waals surface area contributed by atoms with Gasteiger partial charge in [0.1, 0.15) is 0 Å². The van der Waals surface area contributed by atoms with Gasteiger partial charge in [0.2, 0.25) is 0 Å². The predicted octanol–water partition coefficient (Wildman–Crippen LogP) is 4.04. The van der Waals surface area contributed by atoms with Crippen LogP contribution in [0, 0.1) is 11.3 Å². The van der Waals surface area contributed by atoms with E-state index in [1.807, 2.05) is 18.2 Å².